The van der Waals surface area contributed by atoms with E-state index >= 15 is 0 Å². The van der Waals surface area contributed by atoms with Gasteiger partial charge in [-0.2, -0.15) is 0 Å². The third-order valence-electron chi connectivity index (χ3n) is 2.59. The Bertz CT molecular complexity index is 362. The predicted octanol–water partition coefficient (Wildman–Crippen LogP) is 1.72. The highest BCUT2D eigenvalue weighted by molar-refractivity contribution is 5.64. The maximum absolute atomic E-state index is 10.7. The Hall–Kier alpha value is -1.84. The van der Waals surface area contributed by atoms with Gasteiger partial charge < -0.3 is 14.8 Å². The van der Waals surface area contributed by atoms with E-state index in [0.717, 1.165) is 37.0 Å². The first kappa shape index (κ1) is 14.2. The molecule has 0 aliphatic carbocycles. The van der Waals surface area contributed by atoms with Gasteiger partial charge in [-0.15, -0.1) is 0 Å². The average molecular weight is 249 g/mol. The highest BCUT2D eigenvalue weighted by atomic mass is 16.5. The number of carbonyl (C=O) groups is 2. The van der Waals surface area contributed by atoms with Gasteiger partial charge in [-0.05, 0) is 30.5 Å². The minimum absolute atomic E-state index is 0.464. The van der Waals surface area contributed by atoms with Crippen molar-refractivity contribution in [2.45, 2.75) is 32.2 Å². The van der Waals surface area contributed by atoms with Crippen molar-refractivity contribution in [1.29, 1.82) is 0 Å². The van der Waals surface area contributed by atoms with Crippen LogP contribution in [0.4, 0.5) is 0 Å². The van der Waals surface area contributed by atoms with Gasteiger partial charge in [0.15, 0.2) is 0 Å². The first-order valence-electron chi connectivity index (χ1n) is 6.17. The zero-order valence-corrected chi connectivity index (χ0v) is 10.6. The molecule has 0 radical (unpaired) electrons. The van der Waals surface area contributed by atoms with Gasteiger partial charge in [0.1, 0.15) is 12.0 Å². The Morgan fingerprint density at radius 3 is 2.56 bits per heavy atom. The first-order chi connectivity index (χ1) is 8.80. The SMILES string of the molecule is CCCCOc1ccc(CC(C=O)NC=O)cc1. The molecule has 0 saturated carbocycles. The van der Waals surface area contributed by atoms with Gasteiger partial charge in [-0.1, -0.05) is 25.5 Å². The van der Waals surface area contributed by atoms with Gasteiger partial charge >= 0.3 is 0 Å². The molecule has 1 aromatic rings. The predicted molar refractivity (Wildman–Crippen MR) is 69.6 cm³/mol. The first-order valence-corrected chi connectivity index (χ1v) is 6.17. The standard InChI is InChI=1S/C14H19NO3/c1-2-3-8-18-14-6-4-12(5-7-14)9-13(10-16)15-11-17/h4-7,10-11,13H,2-3,8-9H2,1H3,(H,15,17). The van der Waals surface area contributed by atoms with Crippen LogP contribution in [-0.2, 0) is 16.0 Å². The van der Waals surface area contributed by atoms with Crippen molar-refractivity contribution in [2.75, 3.05) is 6.61 Å². The quantitative estimate of drug-likeness (QED) is 0.535. The van der Waals surface area contributed by atoms with Crippen molar-refractivity contribution in [2.24, 2.45) is 0 Å². The van der Waals surface area contributed by atoms with E-state index in [4.69, 9.17) is 4.74 Å². The summed E-state index contributed by atoms with van der Waals surface area (Å²) in [5.74, 6) is 0.832. The maximum Gasteiger partial charge on any atom is 0.207 e. The Morgan fingerprint density at radius 1 is 1.28 bits per heavy atom. The molecular formula is C14H19NO3. The zero-order chi connectivity index (χ0) is 13.2. The topological polar surface area (TPSA) is 55.4 Å². The summed E-state index contributed by atoms with van der Waals surface area (Å²) < 4.78 is 5.54. The van der Waals surface area contributed by atoms with Crippen molar-refractivity contribution < 1.29 is 14.3 Å². The number of unbranched alkanes of at least 4 members (excludes halogenated alkanes) is 1. The van der Waals surface area contributed by atoms with Crippen LogP contribution in [0.1, 0.15) is 25.3 Å². The summed E-state index contributed by atoms with van der Waals surface area (Å²) in [6, 6.07) is 7.12. The zero-order valence-electron chi connectivity index (χ0n) is 10.6. The molecule has 1 amide bonds. The lowest BCUT2D eigenvalue weighted by molar-refractivity contribution is -0.115. The Balaban J connectivity index is 2.48. The highest BCUT2D eigenvalue weighted by Crippen LogP contribution is 2.13. The molecule has 0 bridgehead atoms. The molecule has 1 N–H and O–H groups in total. The molecule has 4 nitrogen and oxygen atoms in total. The number of nitrogens with one attached hydrogen (secondary N) is 1. The lowest BCUT2D eigenvalue weighted by Gasteiger charge is -2.10. The highest BCUT2D eigenvalue weighted by Gasteiger charge is 2.06. The molecule has 1 atom stereocenters. The molecule has 0 aliphatic heterocycles. The summed E-state index contributed by atoms with van der Waals surface area (Å²) in [6.07, 6.45) is 3.92. The average Bonchev–Trinajstić information content (AvgIpc) is 2.40. The van der Waals surface area contributed by atoms with Gasteiger partial charge in [0, 0.05) is 0 Å². The molecule has 0 aliphatic rings. The fourth-order valence-corrected chi connectivity index (χ4v) is 1.54. The number of hydrogen-bond donors (Lipinski definition) is 1. The van der Waals surface area contributed by atoms with Crippen molar-refractivity contribution >= 4 is 12.7 Å². The van der Waals surface area contributed by atoms with E-state index in [1.807, 2.05) is 24.3 Å². The summed E-state index contributed by atoms with van der Waals surface area (Å²) in [5, 5.41) is 2.46. The van der Waals surface area contributed by atoms with Gasteiger partial charge in [-0.25, -0.2) is 0 Å². The third-order valence-corrected chi connectivity index (χ3v) is 2.59. The number of carbonyl (C=O) groups excluding carboxylic acids is 2. The number of aldehydes is 1. The van der Waals surface area contributed by atoms with Crippen molar-refractivity contribution in [1.82, 2.24) is 5.32 Å². The lowest BCUT2D eigenvalue weighted by Crippen LogP contribution is -2.31. The van der Waals surface area contributed by atoms with Crippen LogP contribution in [0.25, 0.3) is 0 Å². The monoisotopic (exact) mass is 249 g/mol. The van der Waals surface area contributed by atoms with Crippen molar-refractivity contribution in [3.8, 4) is 5.75 Å². The number of ether oxygens (including phenoxy) is 1. The summed E-state index contributed by atoms with van der Waals surface area (Å²) >= 11 is 0. The van der Waals surface area contributed by atoms with Crippen LogP contribution in [0.3, 0.4) is 0 Å². The number of hydrogen-bond acceptors (Lipinski definition) is 3. The molecule has 0 heterocycles. The third kappa shape index (κ3) is 4.99. The van der Waals surface area contributed by atoms with Gasteiger partial charge in [0.05, 0.1) is 12.6 Å². The van der Waals surface area contributed by atoms with Gasteiger partial charge in [-0.3, -0.25) is 4.79 Å². The molecule has 0 spiro atoms. The molecule has 0 aromatic heterocycles. The van der Waals surface area contributed by atoms with Crippen LogP contribution in [0.2, 0.25) is 0 Å². The molecule has 1 rings (SSSR count). The van der Waals surface area contributed by atoms with E-state index in [9.17, 15) is 9.59 Å². The van der Waals surface area contributed by atoms with Crippen LogP contribution in [0, 0.1) is 0 Å². The molecular weight excluding hydrogens is 230 g/mol. The fraction of sp³-hybridized carbons (Fsp3) is 0.429. The second-order valence-electron chi connectivity index (χ2n) is 4.08. The van der Waals surface area contributed by atoms with E-state index in [2.05, 4.69) is 12.2 Å². The van der Waals surface area contributed by atoms with E-state index in [1.54, 1.807) is 0 Å². The van der Waals surface area contributed by atoms with Gasteiger partial charge in [0.25, 0.3) is 0 Å². The van der Waals surface area contributed by atoms with Crippen LogP contribution in [0.5, 0.6) is 5.75 Å². The normalized spacial score (nSPS) is 11.6. The summed E-state index contributed by atoms with van der Waals surface area (Å²) in [7, 11) is 0. The van der Waals surface area contributed by atoms with Crippen LogP contribution in [0.15, 0.2) is 24.3 Å². The van der Waals surface area contributed by atoms with Crippen molar-refractivity contribution in [3.63, 3.8) is 0 Å². The Labute approximate surface area is 107 Å². The van der Waals surface area contributed by atoms with Gasteiger partial charge in [0.2, 0.25) is 6.41 Å². The maximum atomic E-state index is 10.7. The second-order valence-corrected chi connectivity index (χ2v) is 4.08. The van der Waals surface area contributed by atoms with E-state index in [1.165, 1.54) is 0 Å². The molecule has 18 heavy (non-hydrogen) atoms. The fourth-order valence-electron chi connectivity index (χ4n) is 1.54. The van der Waals surface area contributed by atoms with Crippen LogP contribution >= 0.6 is 0 Å². The smallest absolute Gasteiger partial charge is 0.207 e. The molecule has 1 unspecified atom stereocenters. The van der Waals surface area contributed by atoms with Crippen LogP contribution in [-0.4, -0.2) is 25.3 Å². The van der Waals surface area contributed by atoms with Crippen LogP contribution < -0.4 is 10.1 Å². The second kappa shape index (κ2) is 8.28. The lowest BCUT2D eigenvalue weighted by atomic mass is 10.1. The minimum Gasteiger partial charge on any atom is -0.494 e. The molecule has 0 saturated heterocycles. The van der Waals surface area contributed by atoms with E-state index < -0.39 is 6.04 Å². The summed E-state index contributed by atoms with van der Waals surface area (Å²) in [5.41, 5.74) is 0.990. The van der Waals surface area contributed by atoms with E-state index in [0.29, 0.717) is 12.8 Å². The largest absolute Gasteiger partial charge is 0.494 e. The summed E-state index contributed by atoms with van der Waals surface area (Å²) in [4.78, 5) is 21.0. The molecule has 98 valence electrons. The summed E-state index contributed by atoms with van der Waals surface area (Å²) in [6.45, 7) is 2.84. The molecule has 1 aromatic carbocycles. The Morgan fingerprint density at radius 2 is 2.00 bits per heavy atom. The molecule has 0 fully saturated rings. The number of rotatable bonds is 9. The van der Waals surface area contributed by atoms with E-state index in [-0.39, 0.29) is 0 Å². The molecule has 4 heteroatoms. The number of amides is 1. The Kier molecular flexibility index (Phi) is 6.54. The minimum atomic E-state index is -0.464. The number of benzene rings is 1. The van der Waals surface area contributed by atoms with Crippen molar-refractivity contribution in [3.05, 3.63) is 29.8 Å².